The van der Waals surface area contributed by atoms with Gasteiger partial charge in [0.2, 0.25) is 0 Å². The second-order valence-electron chi connectivity index (χ2n) is 8.12. The maximum Gasteiger partial charge on any atom is 0.187 e. The lowest BCUT2D eigenvalue weighted by Crippen LogP contribution is -2.66. The summed E-state index contributed by atoms with van der Waals surface area (Å²) in [7, 11) is 0. The highest BCUT2D eigenvalue weighted by Gasteiger charge is 2.49. The summed E-state index contributed by atoms with van der Waals surface area (Å²) in [6, 6.07) is 8.54. The molecule has 0 unspecified atom stereocenters. The van der Waals surface area contributed by atoms with Gasteiger partial charge >= 0.3 is 0 Å². The van der Waals surface area contributed by atoms with E-state index in [2.05, 4.69) is 0 Å². The van der Waals surface area contributed by atoms with Gasteiger partial charge in [0, 0.05) is 13.1 Å². The number of benzene rings is 1. The van der Waals surface area contributed by atoms with Crippen molar-refractivity contribution in [2.24, 2.45) is 0 Å². The fraction of sp³-hybridized carbons (Fsp3) is 0.714. The normalized spacial score (nSPS) is 38.5. The topological polar surface area (TPSA) is 173 Å². The fourth-order valence-electron chi connectivity index (χ4n) is 4.09. The van der Waals surface area contributed by atoms with Crippen molar-refractivity contribution in [3.63, 3.8) is 0 Å². The number of para-hydroxylation sites is 1. The van der Waals surface area contributed by atoms with Crippen molar-refractivity contribution < 1.29 is 50.0 Å². The van der Waals surface area contributed by atoms with Gasteiger partial charge in [-0.25, -0.2) is 0 Å². The molecule has 1 aromatic rings. The summed E-state index contributed by atoms with van der Waals surface area (Å²) in [6.45, 7) is -0.124. The van der Waals surface area contributed by atoms with Gasteiger partial charge in [0.15, 0.2) is 6.29 Å². The van der Waals surface area contributed by atoms with E-state index in [1.807, 2.05) is 30.3 Å². The number of aliphatic hydroxyl groups is 7. The summed E-state index contributed by atoms with van der Waals surface area (Å²) >= 11 is 0. The first-order chi connectivity index (χ1) is 15.4. The second-order valence-corrected chi connectivity index (χ2v) is 8.12. The molecule has 2 aliphatic heterocycles. The SMILES string of the molecule is OC[C@@H]1[C@@H](O[C@H]2O[C@H](CO)[C@@H](O)[C@H](O)[C@H]2O)[C@H](O)[C@@H](O)CN1CCCOc1ccccc1. The van der Waals surface area contributed by atoms with Crippen molar-refractivity contribution in [2.75, 3.05) is 32.9 Å². The van der Waals surface area contributed by atoms with Crippen LogP contribution in [-0.2, 0) is 9.47 Å². The maximum atomic E-state index is 10.5. The molecule has 0 radical (unpaired) electrons. The van der Waals surface area contributed by atoms with Gasteiger partial charge in [-0.1, -0.05) is 18.2 Å². The Balaban J connectivity index is 1.62. The Morgan fingerprint density at radius 3 is 2.28 bits per heavy atom. The molecular weight excluding hydrogens is 426 g/mol. The van der Waals surface area contributed by atoms with Crippen molar-refractivity contribution >= 4 is 0 Å². The highest BCUT2D eigenvalue weighted by molar-refractivity contribution is 5.20. The number of hydrogen-bond acceptors (Lipinski definition) is 11. The zero-order chi connectivity index (χ0) is 23.3. The Morgan fingerprint density at radius 2 is 1.62 bits per heavy atom. The van der Waals surface area contributed by atoms with E-state index >= 15 is 0 Å². The monoisotopic (exact) mass is 459 g/mol. The quantitative estimate of drug-likeness (QED) is 0.188. The van der Waals surface area contributed by atoms with E-state index in [1.54, 1.807) is 4.90 Å². The van der Waals surface area contributed by atoms with Crippen LogP contribution in [0.5, 0.6) is 5.75 Å². The fourth-order valence-corrected chi connectivity index (χ4v) is 4.09. The Hall–Kier alpha value is -1.38. The molecule has 1 aromatic carbocycles. The lowest BCUT2D eigenvalue weighted by molar-refractivity contribution is -0.328. The smallest absolute Gasteiger partial charge is 0.187 e. The minimum absolute atomic E-state index is 0.0896. The molecular formula is C21H33NO10. The molecule has 0 saturated carbocycles. The molecule has 2 heterocycles. The predicted octanol–water partition coefficient (Wildman–Crippen LogP) is -2.96. The second kappa shape index (κ2) is 11.7. The van der Waals surface area contributed by atoms with E-state index in [0.29, 0.717) is 19.6 Å². The molecule has 0 amide bonds. The lowest BCUT2D eigenvalue weighted by Gasteiger charge is -2.48. The molecule has 3 rings (SSSR count). The molecule has 2 fully saturated rings. The van der Waals surface area contributed by atoms with Crippen LogP contribution in [0, 0.1) is 0 Å². The third kappa shape index (κ3) is 5.75. The van der Waals surface area contributed by atoms with E-state index in [1.165, 1.54) is 0 Å². The average molecular weight is 459 g/mol. The third-order valence-electron chi connectivity index (χ3n) is 5.93. The molecule has 182 valence electrons. The molecule has 2 aliphatic rings. The van der Waals surface area contributed by atoms with E-state index in [4.69, 9.17) is 14.2 Å². The van der Waals surface area contributed by atoms with Crippen LogP contribution in [0.1, 0.15) is 6.42 Å². The third-order valence-corrected chi connectivity index (χ3v) is 5.93. The molecule has 7 N–H and O–H groups in total. The summed E-state index contributed by atoms with van der Waals surface area (Å²) in [5, 5.41) is 70.3. The Bertz CT molecular complexity index is 680. The van der Waals surface area contributed by atoms with Gasteiger partial charge < -0.3 is 50.0 Å². The number of nitrogens with zero attached hydrogens (tertiary/aromatic N) is 1. The molecule has 11 nitrogen and oxygen atoms in total. The van der Waals surface area contributed by atoms with Gasteiger partial charge in [-0.3, -0.25) is 4.90 Å². The van der Waals surface area contributed by atoms with Gasteiger partial charge in [-0.2, -0.15) is 0 Å². The number of β-amino-alcohol motifs (C(OH)–C–C–N with tert-alkyl or cyclic N) is 1. The van der Waals surface area contributed by atoms with Crippen molar-refractivity contribution in [1.29, 1.82) is 0 Å². The van der Waals surface area contributed by atoms with E-state index in [9.17, 15) is 35.7 Å². The molecule has 0 aliphatic carbocycles. The first-order valence-electron chi connectivity index (χ1n) is 10.7. The van der Waals surface area contributed by atoms with Gasteiger partial charge in [0.05, 0.1) is 32.0 Å². The van der Waals surface area contributed by atoms with Gasteiger partial charge in [0.25, 0.3) is 0 Å². The molecule has 2 saturated heterocycles. The van der Waals surface area contributed by atoms with Crippen LogP contribution in [0.4, 0.5) is 0 Å². The van der Waals surface area contributed by atoms with Gasteiger partial charge in [-0.15, -0.1) is 0 Å². The van der Waals surface area contributed by atoms with Crippen LogP contribution in [0.2, 0.25) is 0 Å². The number of likely N-dealkylation sites (tertiary alicyclic amines) is 1. The molecule has 32 heavy (non-hydrogen) atoms. The number of piperidine rings is 1. The Morgan fingerprint density at radius 1 is 0.906 bits per heavy atom. The predicted molar refractivity (Wildman–Crippen MR) is 110 cm³/mol. The number of ether oxygens (including phenoxy) is 3. The number of aliphatic hydroxyl groups excluding tert-OH is 7. The van der Waals surface area contributed by atoms with Crippen molar-refractivity contribution in [3.8, 4) is 5.75 Å². The van der Waals surface area contributed by atoms with Gasteiger partial charge in [0.1, 0.15) is 42.4 Å². The highest BCUT2D eigenvalue weighted by atomic mass is 16.7. The zero-order valence-corrected chi connectivity index (χ0v) is 17.6. The van der Waals surface area contributed by atoms with Crippen LogP contribution in [0.3, 0.4) is 0 Å². The number of rotatable bonds is 9. The largest absolute Gasteiger partial charge is 0.494 e. The summed E-state index contributed by atoms with van der Waals surface area (Å²) in [5.74, 6) is 0.726. The maximum absolute atomic E-state index is 10.5. The van der Waals surface area contributed by atoms with Crippen molar-refractivity contribution in [3.05, 3.63) is 30.3 Å². The minimum atomic E-state index is -1.66. The first-order valence-corrected chi connectivity index (χ1v) is 10.7. The van der Waals surface area contributed by atoms with Crippen LogP contribution in [0.15, 0.2) is 30.3 Å². The zero-order valence-electron chi connectivity index (χ0n) is 17.6. The number of hydrogen-bond donors (Lipinski definition) is 7. The van der Waals surface area contributed by atoms with Crippen LogP contribution in [-0.4, -0.2) is 129 Å². The summed E-state index contributed by atoms with van der Waals surface area (Å²) in [5.41, 5.74) is 0. The standard InChI is InChI=1S/C21H33NO10/c23-10-13-20(32-21-19(29)18(28)17(27)15(11-24)31-21)16(26)14(25)9-22(13)7-4-8-30-12-5-2-1-3-6-12/h1-3,5-6,13-21,23-29H,4,7-11H2/t13-,14+,15-,16-,17-,18+,19-,20-,21-/m1/s1. The minimum Gasteiger partial charge on any atom is -0.494 e. The van der Waals surface area contributed by atoms with Crippen LogP contribution >= 0.6 is 0 Å². The molecule has 0 bridgehead atoms. The van der Waals surface area contributed by atoms with Crippen LogP contribution < -0.4 is 4.74 Å². The molecule has 0 aromatic heterocycles. The molecule has 11 heteroatoms. The van der Waals surface area contributed by atoms with Crippen LogP contribution in [0.25, 0.3) is 0 Å². The van der Waals surface area contributed by atoms with Crippen molar-refractivity contribution in [2.45, 2.75) is 61.5 Å². The van der Waals surface area contributed by atoms with Crippen molar-refractivity contribution in [1.82, 2.24) is 4.90 Å². The molecule has 0 spiro atoms. The first kappa shape index (κ1) is 25.2. The lowest BCUT2D eigenvalue weighted by atomic mass is 9.93. The highest BCUT2D eigenvalue weighted by Crippen LogP contribution is 2.28. The average Bonchev–Trinajstić information content (AvgIpc) is 2.80. The van der Waals surface area contributed by atoms with E-state index in [-0.39, 0.29) is 6.54 Å². The summed E-state index contributed by atoms with van der Waals surface area (Å²) in [6.07, 6.45) is -10.7. The summed E-state index contributed by atoms with van der Waals surface area (Å²) in [4.78, 5) is 1.75. The Kier molecular flexibility index (Phi) is 9.20. The van der Waals surface area contributed by atoms with Gasteiger partial charge in [-0.05, 0) is 18.6 Å². The van der Waals surface area contributed by atoms with E-state index < -0.39 is 68.3 Å². The van der Waals surface area contributed by atoms with E-state index in [0.717, 1.165) is 5.75 Å². The summed E-state index contributed by atoms with van der Waals surface area (Å²) < 4.78 is 16.7. The molecule has 9 atom stereocenters. The Labute approximate surface area is 186 Å².